The molecule has 0 atom stereocenters. The van der Waals surface area contributed by atoms with Gasteiger partial charge in [0.05, 0.1) is 5.02 Å². The van der Waals surface area contributed by atoms with E-state index in [0.29, 0.717) is 33.0 Å². The van der Waals surface area contributed by atoms with Gasteiger partial charge >= 0.3 is 5.97 Å². The second-order valence-electron chi connectivity index (χ2n) is 5.20. The van der Waals surface area contributed by atoms with Crippen LogP contribution in [0, 0.1) is 0 Å². The van der Waals surface area contributed by atoms with Gasteiger partial charge in [-0.1, -0.05) is 54.6 Å². The molecule has 0 fully saturated rings. The molecule has 0 aliphatic heterocycles. The van der Waals surface area contributed by atoms with E-state index < -0.39 is 0 Å². The van der Waals surface area contributed by atoms with E-state index in [1.807, 2.05) is 0 Å². The standard InChI is InChI=1S/C18H17Cl3O3/c1-2-3-4-5-18(22)24-17-11-13(20)7-9-16(17)23-15-8-6-12(19)10-14(15)21/h6-11H,2-5H2,1H3. The lowest BCUT2D eigenvalue weighted by Gasteiger charge is -2.13. The molecule has 6 heteroatoms. The van der Waals surface area contributed by atoms with Gasteiger partial charge in [0.15, 0.2) is 11.5 Å². The number of carbonyl (C=O) groups is 1. The summed E-state index contributed by atoms with van der Waals surface area (Å²) in [7, 11) is 0. The molecular weight excluding hydrogens is 371 g/mol. The topological polar surface area (TPSA) is 35.5 Å². The van der Waals surface area contributed by atoms with E-state index >= 15 is 0 Å². The van der Waals surface area contributed by atoms with Gasteiger partial charge < -0.3 is 9.47 Å². The van der Waals surface area contributed by atoms with Gasteiger partial charge in [0.25, 0.3) is 0 Å². The van der Waals surface area contributed by atoms with Crippen molar-refractivity contribution in [1.82, 2.24) is 0 Å². The van der Waals surface area contributed by atoms with E-state index in [-0.39, 0.29) is 11.7 Å². The normalized spacial score (nSPS) is 10.5. The van der Waals surface area contributed by atoms with Crippen LogP contribution in [0.2, 0.25) is 15.1 Å². The van der Waals surface area contributed by atoms with Crippen LogP contribution < -0.4 is 9.47 Å². The number of hydrogen-bond donors (Lipinski definition) is 0. The van der Waals surface area contributed by atoms with Gasteiger partial charge in [0, 0.05) is 22.5 Å². The third-order valence-corrected chi connectivity index (χ3v) is 3.99. The fraction of sp³-hybridized carbons (Fsp3) is 0.278. The maximum absolute atomic E-state index is 12.0. The average molecular weight is 388 g/mol. The summed E-state index contributed by atoms with van der Waals surface area (Å²) in [6.45, 7) is 2.07. The molecule has 0 radical (unpaired) electrons. The molecule has 0 bridgehead atoms. The maximum atomic E-state index is 12.0. The third-order valence-electron chi connectivity index (χ3n) is 3.23. The van der Waals surface area contributed by atoms with E-state index in [9.17, 15) is 4.79 Å². The van der Waals surface area contributed by atoms with E-state index in [2.05, 4.69) is 6.92 Å². The van der Waals surface area contributed by atoms with Crippen LogP contribution in [0.3, 0.4) is 0 Å². The summed E-state index contributed by atoms with van der Waals surface area (Å²) >= 11 is 18.0. The van der Waals surface area contributed by atoms with Crippen molar-refractivity contribution in [1.29, 1.82) is 0 Å². The molecular formula is C18H17Cl3O3. The van der Waals surface area contributed by atoms with Crippen molar-refractivity contribution in [3.05, 3.63) is 51.5 Å². The molecule has 2 aromatic carbocycles. The highest BCUT2D eigenvalue weighted by molar-refractivity contribution is 6.35. The van der Waals surface area contributed by atoms with Gasteiger partial charge in [-0.25, -0.2) is 0 Å². The van der Waals surface area contributed by atoms with Gasteiger partial charge in [-0.15, -0.1) is 0 Å². The molecule has 0 unspecified atom stereocenters. The first-order valence-electron chi connectivity index (χ1n) is 7.62. The third kappa shape index (κ3) is 5.59. The van der Waals surface area contributed by atoms with Crippen molar-refractivity contribution in [3.8, 4) is 17.2 Å². The number of hydrogen-bond acceptors (Lipinski definition) is 3. The Labute approximate surface area is 156 Å². The number of halogens is 3. The molecule has 0 aliphatic rings. The van der Waals surface area contributed by atoms with Crippen molar-refractivity contribution in [3.63, 3.8) is 0 Å². The van der Waals surface area contributed by atoms with Crippen molar-refractivity contribution in [2.24, 2.45) is 0 Å². The molecule has 0 saturated heterocycles. The number of unbranched alkanes of at least 4 members (excludes halogenated alkanes) is 2. The second kappa shape index (κ2) is 9.16. The SMILES string of the molecule is CCCCCC(=O)Oc1cc(Cl)ccc1Oc1ccc(Cl)cc1Cl. The van der Waals surface area contributed by atoms with Crippen LogP contribution >= 0.6 is 34.8 Å². The number of esters is 1. The lowest BCUT2D eigenvalue weighted by atomic mass is 10.2. The lowest BCUT2D eigenvalue weighted by Crippen LogP contribution is -2.08. The quantitative estimate of drug-likeness (QED) is 0.294. The summed E-state index contributed by atoms with van der Waals surface area (Å²) < 4.78 is 11.1. The summed E-state index contributed by atoms with van der Waals surface area (Å²) in [4.78, 5) is 12.0. The highest BCUT2D eigenvalue weighted by Crippen LogP contribution is 2.37. The molecule has 0 amide bonds. The van der Waals surface area contributed by atoms with Crippen LogP contribution in [-0.2, 0) is 4.79 Å². The van der Waals surface area contributed by atoms with Crippen LogP contribution in [0.1, 0.15) is 32.6 Å². The fourth-order valence-electron chi connectivity index (χ4n) is 2.02. The van der Waals surface area contributed by atoms with Gasteiger partial charge in [-0.2, -0.15) is 0 Å². The zero-order valence-electron chi connectivity index (χ0n) is 13.2. The predicted octanol–water partition coefficient (Wildman–Crippen LogP) is 6.92. The Balaban J connectivity index is 2.16. The van der Waals surface area contributed by atoms with Crippen LogP contribution in [0.15, 0.2) is 36.4 Å². The number of ether oxygens (including phenoxy) is 2. The van der Waals surface area contributed by atoms with Crippen LogP contribution in [-0.4, -0.2) is 5.97 Å². The first-order chi connectivity index (χ1) is 11.5. The molecule has 2 aromatic rings. The smallest absolute Gasteiger partial charge is 0.311 e. The van der Waals surface area contributed by atoms with Crippen LogP contribution in [0.4, 0.5) is 0 Å². The number of rotatable bonds is 7. The summed E-state index contributed by atoms with van der Waals surface area (Å²) in [5, 5.41) is 1.31. The largest absolute Gasteiger partial charge is 0.452 e. The fourth-order valence-corrected chi connectivity index (χ4v) is 2.62. The Hall–Kier alpha value is -1.42. The molecule has 2 rings (SSSR count). The van der Waals surface area contributed by atoms with Crippen LogP contribution in [0.25, 0.3) is 0 Å². The summed E-state index contributed by atoms with van der Waals surface area (Å²) in [6, 6.07) is 9.70. The van der Waals surface area contributed by atoms with Gasteiger partial charge in [0.1, 0.15) is 5.75 Å². The van der Waals surface area contributed by atoms with E-state index in [0.717, 1.165) is 19.3 Å². The van der Waals surface area contributed by atoms with Gasteiger partial charge in [-0.05, 0) is 36.8 Å². The maximum Gasteiger partial charge on any atom is 0.311 e. The molecule has 0 aliphatic carbocycles. The molecule has 24 heavy (non-hydrogen) atoms. The Morgan fingerprint density at radius 3 is 2.25 bits per heavy atom. The number of benzene rings is 2. The van der Waals surface area contributed by atoms with Gasteiger partial charge in [-0.3, -0.25) is 4.79 Å². The summed E-state index contributed by atoms with van der Waals surface area (Å²) in [6.07, 6.45) is 3.15. The highest BCUT2D eigenvalue weighted by Gasteiger charge is 2.13. The Bertz CT molecular complexity index is 717. The minimum absolute atomic E-state index is 0.259. The van der Waals surface area contributed by atoms with Gasteiger partial charge in [0.2, 0.25) is 0 Å². The van der Waals surface area contributed by atoms with E-state index in [4.69, 9.17) is 44.3 Å². The summed E-state index contributed by atoms with van der Waals surface area (Å²) in [5.41, 5.74) is 0. The minimum Gasteiger partial charge on any atom is -0.452 e. The average Bonchev–Trinajstić information content (AvgIpc) is 2.52. The predicted molar refractivity (Wildman–Crippen MR) is 97.8 cm³/mol. The van der Waals surface area contributed by atoms with Crippen molar-refractivity contribution in [2.45, 2.75) is 32.6 Å². The Kier molecular flexibility index (Phi) is 7.22. The minimum atomic E-state index is -0.322. The molecule has 0 aromatic heterocycles. The highest BCUT2D eigenvalue weighted by atomic mass is 35.5. The monoisotopic (exact) mass is 386 g/mol. The molecule has 0 N–H and O–H groups in total. The van der Waals surface area contributed by atoms with Crippen LogP contribution in [0.5, 0.6) is 17.2 Å². The van der Waals surface area contributed by atoms with Crippen molar-refractivity contribution < 1.29 is 14.3 Å². The molecule has 0 spiro atoms. The zero-order valence-corrected chi connectivity index (χ0v) is 15.4. The summed E-state index contributed by atoms with van der Waals surface area (Å²) in [5.74, 6) is 0.701. The first kappa shape index (κ1) is 18.9. The second-order valence-corrected chi connectivity index (χ2v) is 6.48. The first-order valence-corrected chi connectivity index (χ1v) is 8.76. The molecule has 0 saturated carbocycles. The molecule has 128 valence electrons. The Morgan fingerprint density at radius 1 is 0.917 bits per heavy atom. The molecule has 3 nitrogen and oxygen atoms in total. The number of carbonyl (C=O) groups excluding carboxylic acids is 1. The van der Waals surface area contributed by atoms with E-state index in [1.165, 1.54) is 0 Å². The van der Waals surface area contributed by atoms with E-state index in [1.54, 1.807) is 36.4 Å². The van der Waals surface area contributed by atoms with Crippen molar-refractivity contribution in [2.75, 3.05) is 0 Å². The zero-order chi connectivity index (χ0) is 17.5. The molecule has 0 heterocycles. The Morgan fingerprint density at radius 2 is 1.58 bits per heavy atom. The van der Waals surface area contributed by atoms with Crippen molar-refractivity contribution >= 4 is 40.8 Å². The lowest BCUT2D eigenvalue weighted by molar-refractivity contribution is -0.134.